The van der Waals surface area contributed by atoms with Crippen LogP contribution < -0.4 is 14.5 Å². The summed E-state index contributed by atoms with van der Waals surface area (Å²) >= 11 is 2.40. The monoisotopic (exact) mass is 514 g/mol. The largest absolute Gasteiger partial charge is 0.489 e. The van der Waals surface area contributed by atoms with E-state index in [1.54, 1.807) is 12.1 Å². The topological polar surface area (TPSA) is 79.5 Å². The van der Waals surface area contributed by atoms with Crippen LogP contribution in [0.2, 0.25) is 0 Å². The lowest BCUT2D eigenvalue weighted by Crippen LogP contribution is -2.32. The van der Waals surface area contributed by atoms with Crippen molar-refractivity contribution in [3.05, 3.63) is 110 Å². The van der Waals surface area contributed by atoms with Crippen LogP contribution in [-0.2, 0) is 16.2 Å². The highest BCUT2D eigenvalue weighted by atomic mass is 32.2. The van der Waals surface area contributed by atoms with Gasteiger partial charge in [0.15, 0.2) is 0 Å². The van der Waals surface area contributed by atoms with Crippen molar-refractivity contribution >= 4 is 40.6 Å². The number of H-pyrrole nitrogens is 1. The van der Waals surface area contributed by atoms with E-state index in [1.807, 2.05) is 67.6 Å². The minimum atomic E-state index is -0.599. The third kappa shape index (κ3) is 3.96. The SMILES string of the molecule is Cc1cccc(COc2ccc([C@H]3c4sc(=O)[nH]c4SC4C(=O)N(c5ccccc5)C(=O)C43)cc2)c1. The van der Waals surface area contributed by atoms with Crippen molar-refractivity contribution in [3.63, 3.8) is 0 Å². The molecule has 2 aliphatic rings. The lowest BCUT2D eigenvalue weighted by atomic mass is 9.83. The first-order chi connectivity index (χ1) is 17.5. The number of carbonyl (C=O) groups excluding carboxylic acids is 2. The van der Waals surface area contributed by atoms with Gasteiger partial charge in [0, 0.05) is 10.8 Å². The van der Waals surface area contributed by atoms with Gasteiger partial charge in [-0.25, -0.2) is 4.90 Å². The van der Waals surface area contributed by atoms with Crippen LogP contribution in [0.25, 0.3) is 0 Å². The van der Waals surface area contributed by atoms with Crippen LogP contribution in [0, 0.1) is 12.8 Å². The van der Waals surface area contributed by atoms with Crippen molar-refractivity contribution in [1.82, 2.24) is 4.98 Å². The van der Waals surface area contributed by atoms with E-state index < -0.39 is 17.1 Å². The van der Waals surface area contributed by atoms with Crippen molar-refractivity contribution < 1.29 is 14.3 Å². The number of nitrogens with zero attached hydrogens (tertiary/aromatic N) is 1. The Balaban J connectivity index is 1.33. The lowest BCUT2D eigenvalue weighted by Gasteiger charge is -2.29. The number of aromatic nitrogens is 1. The molecule has 8 heteroatoms. The number of ether oxygens (including phenoxy) is 1. The summed E-state index contributed by atoms with van der Waals surface area (Å²) in [6.45, 7) is 2.50. The highest BCUT2D eigenvalue weighted by molar-refractivity contribution is 8.00. The minimum absolute atomic E-state index is 0.185. The predicted octanol–water partition coefficient (Wildman–Crippen LogP) is 5.12. The van der Waals surface area contributed by atoms with Crippen LogP contribution in [0.15, 0.2) is 88.7 Å². The molecule has 4 aromatic rings. The third-order valence-corrected chi connectivity index (χ3v) is 8.97. The van der Waals surface area contributed by atoms with Crippen LogP contribution in [0.5, 0.6) is 5.75 Å². The summed E-state index contributed by atoms with van der Waals surface area (Å²) in [6.07, 6.45) is 0. The Morgan fingerprint density at radius 2 is 1.69 bits per heavy atom. The number of carbonyl (C=O) groups is 2. The summed E-state index contributed by atoms with van der Waals surface area (Å²) < 4.78 is 5.98. The zero-order valence-electron chi connectivity index (χ0n) is 19.3. The Bertz CT molecular complexity index is 1510. The molecule has 1 N–H and O–H groups in total. The maximum atomic E-state index is 13.7. The summed E-state index contributed by atoms with van der Waals surface area (Å²) in [5, 5.41) is 0.0739. The highest BCUT2D eigenvalue weighted by Crippen LogP contribution is 2.53. The van der Waals surface area contributed by atoms with Crippen molar-refractivity contribution in [2.75, 3.05) is 4.90 Å². The molecule has 36 heavy (non-hydrogen) atoms. The average molecular weight is 515 g/mol. The first-order valence-corrected chi connectivity index (χ1v) is 13.3. The van der Waals surface area contributed by atoms with Gasteiger partial charge in [0.25, 0.3) is 0 Å². The zero-order chi connectivity index (χ0) is 24.8. The lowest BCUT2D eigenvalue weighted by molar-refractivity contribution is -0.122. The molecule has 0 spiro atoms. The number of imide groups is 1. The number of hydrogen-bond acceptors (Lipinski definition) is 6. The number of benzene rings is 3. The number of thiazole rings is 1. The normalized spacial score (nSPS) is 20.8. The molecule has 1 fully saturated rings. The average Bonchev–Trinajstić information content (AvgIpc) is 3.38. The molecule has 6 rings (SSSR count). The molecule has 2 unspecified atom stereocenters. The fraction of sp³-hybridized carbons (Fsp3) is 0.179. The predicted molar refractivity (Wildman–Crippen MR) is 141 cm³/mol. The van der Waals surface area contributed by atoms with Gasteiger partial charge >= 0.3 is 4.87 Å². The van der Waals surface area contributed by atoms with Crippen LogP contribution in [0.3, 0.4) is 0 Å². The maximum Gasteiger partial charge on any atom is 0.305 e. The quantitative estimate of drug-likeness (QED) is 0.374. The number of aryl methyl sites for hydroxylation is 1. The van der Waals surface area contributed by atoms with Gasteiger partial charge in [0.1, 0.15) is 17.6 Å². The molecule has 2 amide bonds. The second-order valence-corrected chi connectivity index (χ2v) is 11.1. The van der Waals surface area contributed by atoms with E-state index in [2.05, 4.69) is 11.1 Å². The first-order valence-electron chi connectivity index (χ1n) is 11.6. The van der Waals surface area contributed by atoms with E-state index in [0.717, 1.165) is 27.3 Å². The van der Waals surface area contributed by atoms with Crippen molar-refractivity contribution in [2.45, 2.75) is 29.7 Å². The number of anilines is 1. The van der Waals surface area contributed by atoms with Crippen LogP contribution in [0.4, 0.5) is 5.69 Å². The summed E-state index contributed by atoms with van der Waals surface area (Å²) in [4.78, 5) is 44.1. The van der Waals surface area contributed by atoms with Gasteiger partial charge in [0.2, 0.25) is 11.8 Å². The van der Waals surface area contributed by atoms with E-state index in [1.165, 1.54) is 22.2 Å². The number of hydrogen-bond donors (Lipinski definition) is 1. The second-order valence-electron chi connectivity index (χ2n) is 8.94. The minimum Gasteiger partial charge on any atom is -0.489 e. The third-order valence-electron chi connectivity index (χ3n) is 6.57. The van der Waals surface area contributed by atoms with E-state index in [0.29, 0.717) is 23.1 Å². The molecule has 180 valence electrons. The Hall–Kier alpha value is -3.62. The number of amides is 2. The smallest absolute Gasteiger partial charge is 0.305 e. The van der Waals surface area contributed by atoms with Gasteiger partial charge in [-0.05, 0) is 42.3 Å². The number of thioether (sulfide) groups is 1. The first kappa shape index (κ1) is 22.8. The number of rotatable bonds is 5. The fourth-order valence-electron chi connectivity index (χ4n) is 4.95. The Morgan fingerprint density at radius 1 is 0.917 bits per heavy atom. The fourth-order valence-corrected chi connectivity index (χ4v) is 7.46. The molecule has 0 aliphatic carbocycles. The molecule has 0 radical (unpaired) electrons. The van der Waals surface area contributed by atoms with Crippen LogP contribution >= 0.6 is 23.1 Å². The van der Waals surface area contributed by atoms with Gasteiger partial charge in [-0.2, -0.15) is 0 Å². The Morgan fingerprint density at radius 3 is 2.44 bits per heavy atom. The maximum absolute atomic E-state index is 13.7. The second kappa shape index (κ2) is 9.11. The van der Waals surface area contributed by atoms with Crippen LogP contribution in [-0.4, -0.2) is 22.0 Å². The summed E-state index contributed by atoms with van der Waals surface area (Å²) in [5.41, 5.74) is 3.71. The Labute approximate surface area is 215 Å². The van der Waals surface area contributed by atoms with E-state index >= 15 is 0 Å². The molecule has 1 aromatic heterocycles. The standard InChI is InChI=1S/C28H22N2O4S2/c1-16-6-5-7-17(14-16)15-34-20-12-10-18(11-13-20)21-22-24(35-25-23(21)36-28(33)29-25)27(32)30(26(22)31)19-8-3-2-4-9-19/h2-14,21-22,24H,15H2,1H3,(H,29,33)/t21-,22?,24?/m1/s1. The molecule has 1 saturated heterocycles. The van der Waals surface area contributed by atoms with Gasteiger partial charge < -0.3 is 9.72 Å². The van der Waals surface area contributed by atoms with Crippen molar-refractivity contribution in [2.24, 2.45) is 5.92 Å². The molecular weight excluding hydrogens is 492 g/mol. The Kier molecular flexibility index (Phi) is 5.78. The van der Waals surface area contributed by atoms with Crippen molar-refractivity contribution in [3.8, 4) is 5.75 Å². The zero-order valence-corrected chi connectivity index (χ0v) is 21.0. The van der Waals surface area contributed by atoms with E-state index in [4.69, 9.17) is 4.74 Å². The molecule has 3 atom stereocenters. The van der Waals surface area contributed by atoms with Gasteiger partial charge in [0.05, 0.1) is 16.6 Å². The molecule has 0 bridgehead atoms. The summed E-state index contributed by atoms with van der Waals surface area (Å²) in [7, 11) is 0. The molecule has 2 aliphatic heterocycles. The van der Waals surface area contributed by atoms with Crippen molar-refractivity contribution in [1.29, 1.82) is 0 Å². The number of nitrogens with one attached hydrogen (secondary N) is 1. The molecule has 3 heterocycles. The van der Waals surface area contributed by atoms with Gasteiger partial charge in [-0.1, -0.05) is 83.3 Å². The number of fused-ring (bicyclic) bond motifs is 2. The highest BCUT2D eigenvalue weighted by Gasteiger charge is 2.56. The number of aromatic amines is 1. The number of para-hydroxylation sites is 1. The molecular formula is C28H22N2O4S2. The van der Waals surface area contributed by atoms with E-state index in [-0.39, 0.29) is 16.7 Å². The van der Waals surface area contributed by atoms with Gasteiger partial charge in [-0.15, -0.1) is 0 Å². The molecule has 3 aromatic carbocycles. The summed E-state index contributed by atoms with van der Waals surface area (Å²) in [6, 6.07) is 24.8. The van der Waals surface area contributed by atoms with E-state index in [9.17, 15) is 14.4 Å². The molecule has 0 saturated carbocycles. The molecule has 6 nitrogen and oxygen atoms in total. The van der Waals surface area contributed by atoms with Gasteiger partial charge in [-0.3, -0.25) is 14.4 Å². The summed E-state index contributed by atoms with van der Waals surface area (Å²) in [5.74, 6) is -0.766. The van der Waals surface area contributed by atoms with Crippen LogP contribution in [0.1, 0.15) is 27.5 Å².